The van der Waals surface area contributed by atoms with Crippen molar-refractivity contribution in [3.05, 3.63) is 47.2 Å². The van der Waals surface area contributed by atoms with E-state index < -0.39 is 11.9 Å². The monoisotopic (exact) mass is 232 g/mol. The molecule has 1 fully saturated rings. The smallest absolute Gasteiger partial charge is 0.342 e. The third-order valence-corrected chi connectivity index (χ3v) is 2.43. The lowest BCUT2D eigenvalue weighted by atomic mass is 10.1. The molecule has 1 aliphatic rings. The van der Waals surface area contributed by atoms with Crippen molar-refractivity contribution in [2.45, 2.75) is 13.3 Å². The number of benzene rings is 1. The number of rotatable bonds is 2. The minimum Gasteiger partial charge on any atom is -0.462 e. The average Bonchev–Trinajstić information content (AvgIpc) is 2.72. The number of carbonyl (C=O) groups is 2. The Kier molecular flexibility index (Phi) is 3.23. The lowest BCUT2D eigenvalue weighted by Gasteiger charge is -2.00. The van der Waals surface area contributed by atoms with Gasteiger partial charge in [-0.15, -0.1) is 0 Å². The lowest BCUT2D eigenvalue weighted by molar-refractivity contribution is -0.135. The molecular weight excluding hydrogens is 220 g/mol. The molecule has 4 heteroatoms. The molecule has 0 bridgehead atoms. The zero-order valence-corrected chi connectivity index (χ0v) is 9.43. The van der Waals surface area contributed by atoms with Gasteiger partial charge in [0.25, 0.3) is 0 Å². The normalized spacial score (nSPS) is 17.0. The first-order valence-corrected chi connectivity index (χ1v) is 5.30. The van der Waals surface area contributed by atoms with E-state index in [1.54, 1.807) is 18.2 Å². The van der Waals surface area contributed by atoms with Gasteiger partial charge in [0.05, 0.1) is 17.7 Å². The molecule has 0 aliphatic carbocycles. The highest BCUT2D eigenvalue weighted by atomic mass is 16.5. The van der Waals surface area contributed by atoms with Gasteiger partial charge in [0.15, 0.2) is 0 Å². The minimum absolute atomic E-state index is 0.354. The van der Waals surface area contributed by atoms with E-state index in [2.05, 4.69) is 0 Å². The number of carbonyl (C=O) groups excluding carboxylic acids is 2. The van der Waals surface area contributed by atoms with Gasteiger partial charge < -0.3 is 9.47 Å². The van der Waals surface area contributed by atoms with E-state index in [-0.39, 0.29) is 0 Å². The number of hydrogen-bond donors (Lipinski definition) is 0. The summed E-state index contributed by atoms with van der Waals surface area (Å²) in [5, 5.41) is 0. The summed E-state index contributed by atoms with van der Waals surface area (Å²) < 4.78 is 9.66. The number of aryl methyl sites for hydroxylation is 1. The quantitative estimate of drug-likeness (QED) is 0.444. The lowest BCUT2D eigenvalue weighted by Crippen LogP contribution is -2.03. The van der Waals surface area contributed by atoms with Crippen LogP contribution in [0.15, 0.2) is 36.1 Å². The fourth-order valence-electron chi connectivity index (χ4n) is 1.52. The molecule has 88 valence electrons. The summed E-state index contributed by atoms with van der Waals surface area (Å²) in [6, 6.07) is 7.07. The number of hydrogen-bond acceptors (Lipinski definition) is 4. The molecule has 0 radical (unpaired) electrons. The fraction of sp³-hybridized carbons (Fsp3) is 0.231. The first kappa shape index (κ1) is 11.4. The van der Waals surface area contributed by atoms with Crippen LogP contribution in [0.1, 0.15) is 22.3 Å². The first-order valence-electron chi connectivity index (χ1n) is 5.30. The van der Waals surface area contributed by atoms with Crippen LogP contribution >= 0.6 is 0 Å². The van der Waals surface area contributed by atoms with E-state index >= 15 is 0 Å². The second kappa shape index (κ2) is 4.82. The predicted molar refractivity (Wildman–Crippen MR) is 60.3 cm³/mol. The van der Waals surface area contributed by atoms with E-state index in [0.29, 0.717) is 24.2 Å². The van der Waals surface area contributed by atoms with Gasteiger partial charge in [-0.1, -0.05) is 17.7 Å². The molecule has 17 heavy (non-hydrogen) atoms. The molecule has 0 aromatic heterocycles. The molecule has 0 saturated carbocycles. The number of ether oxygens (including phenoxy) is 2. The van der Waals surface area contributed by atoms with Crippen LogP contribution in [0.4, 0.5) is 0 Å². The Balaban J connectivity index is 2.05. The van der Waals surface area contributed by atoms with Crippen LogP contribution in [0.25, 0.3) is 0 Å². The molecule has 0 unspecified atom stereocenters. The Morgan fingerprint density at radius 2 is 2.29 bits per heavy atom. The van der Waals surface area contributed by atoms with Crippen LogP contribution in [0.5, 0.6) is 0 Å². The zero-order chi connectivity index (χ0) is 12.3. The van der Waals surface area contributed by atoms with Crippen molar-refractivity contribution in [2.24, 2.45) is 0 Å². The summed E-state index contributed by atoms with van der Waals surface area (Å²) in [5.74, 6) is -0.886. The van der Waals surface area contributed by atoms with Crippen molar-refractivity contribution in [2.75, 3.05) is 6.61 Å². The van der Waals surface area contributed by atoms with Gasteiger partial charge in [-0.3, -0.25) is 0 Å². The molecule has 1 saturated heterocycles. The summed E-state index contributed by atoms with van der Waals surface area (Å²) in [6.45, 7) is 2.25. The highest BCUT2D eigenvalue weighted by Crippen LogP contribution is 2.14. The molecule has 2 rings (SSSR count). The fourth-order valence-corrected chi connectivity index (χ4v) is 1.52. The summed E-state index contributed by atoms with van der Waals surface area (Å²) in [6.07, 6.45) is 1.67. The van der Waals surface area contributed by atoms with E-state index in [1.807, 2.05) is 13.0 Å². The maximum absolute atomic E-state index is 11.6. The molecule has 1 aliphatic heterocycles. The number of cyclic esters (lactones) is 1. The highest BCUT2D eigenvalue weighted by molar-refractivity contribution is 5.92. The topological polar surface area (TPSA) is 52.6 Å². The highest BCUT2D eigenvalue weighted by Gasteiger charge is 2.19. The molecule has 0 amide bonds. The zero-order valence-electron chi connectivity index (χ0n) is 9.43. The largest absolute Gasteiger partial charge is 0.462 e. The van der Waals surface area contributed by atoms with Crippen LogP contribution in [0, 0.1) is 6.92 Å². The second-order valence-corrected chi connectivity index (χ2v) is 3.80. The molecule has 1 aromatic rings. The Morgan fingerprint density at radius 3 is 2.94 bits per heavy atom. The molecule has 0 N–H and O–H groups in total. The van der Waals surface area contributed by atoms with Crippen LogP contribution < -0.4 is 0 Å². The van der Waals surface area contributed by atoms with Gasteiger partial charge in [-0.2, -0.15) is 0 Å². The van der Waals surface area contributed by atoms with Gasteiger partial charge in [0.1, 0.15) is 6.26 Å². The van der Waals surface area contributed by atoms with Gasteiger partial charge >= 0.3 is 11.9 Å². The molecule has 1 heterocycles. The maximum Gasteiger partial charge on any atom is 0.342 e. The Hall–Kier alpha value is -2.10. The first-order chi connectivity index (χ1) is 8.16. The third kappa shape index (κ3) is 2.72. The van der Waals surface area contributed by atoms with Gasteiger partial charge in [0.2, 0.25) is 0 Å². The van der Waals surface area contributed by atoms with Crippen molar-refractivity contribution in [1.82, 2.24) is 0 Å². The predicted octanol–water partition coefficient (Wildman–Crippen LogP) is 1.98. The Morgan fingerprint density at radius 1 is 1.47 bits per heavy atom. The van der Waals surface area contributed by atoms with Crippen LogP contribution in [0.2, 0.25) is 0 Å². The minimum atomic E-state index is -0.471. The Labute approximate surface area is 98.8 Å². The average molecular weight is 232 g/mol. The van der Waals surface area contributed by atoms with Crippen molar-refractivity contribution in [1.29, 1.82) is 0 Å². The van der Waals surface area contributed by atoms with Crippen molar-refractivity contribution in [3.8, 4) is 0 Å². The molecular formula is C13H12O4. The van der Waals surface area contributed by atoms with E-state index in [4.69, 9.17) is 9.47 Å². The van der Waals surface area contributed by atoms with Crippen molar-refractivity contribution < 1.29 is 19.1 Å². The van der Waals surface area contributed by atoms with Gasteiger partial charge in [-0.05, 0) is 19.1 Å². The third-order valence-electron chi connectivity index (χ3n) is 2.43. The summed E-state index contributed by atoms with van der Waals surface area (Å²) in [7, 11) is 0. The van der Waals surface area contributed by atoms with Crippen LogP contribution in [0.3, 0.4) is 0 Å². The van der Waals surface area contributed by atoms with E-state index in [0.717, 1.165) is 5.56 Å². The molecule has 0 spiro atoms. The van der Waals surface area contributed by atoms with E-state index in [1.165, 1.54) is 6.26 Å². The van der Waals surface area contributed by atoms with Gasteiger partial charge in [0, 0.05) is 6.42 Å². The molecule has 0 atom stereocenters. The number of esters is 2. The maximum atomic E-state index is 11.6. The molecule has 1 aromatic carbocycles. The van der Waals surface area contributed by atoms with Crippen LogP contribution in [-0.4, -0.2) is 18.5 Å². The summed E-state index contributed by atoms with van der Waals surface area (Å²) >= 11 is 0. The Bertz CT molecular complexity index is 488. The molecule has 4 nitrogen and oxygen atoms in total. The summed E-state index contributed by atoms with van der Waals surface area (Å²) in [4.78, 5) is 22.7. The second-order valence-electron chi connectivity index (χ2n) is 3.80. The summed E-state index contributed by atoms with van der Waals surface area (Å²) in [5.41, 5.74) is 1.84. The SMILES string of the molecule is Cc1cccc(C(=O)O/C=C2/CCOC2=O)c1. The standard InChI is InChI=1S/C13H12O4/c1-9-3-2-4-10(7-9)12(14)17-8-11-5-6-16-13(11)15/h2-4,7-8H,5-6H2,1H3/b11-8-. The van der Waals surface area contributed by atoms with Crippen LogP contribution in [-0.2, 0) is 14.3 Å². The van der Waals surface area contributed by atoms with Crippen molar-refractivity contribution >= 4 is 11.9 Å². The van der Waals surface area contributed by atoms with Gasteiger partial charge in [-0.25, -0.2) is 9.59 Å². The van der Waals surface area contributed by atoms with Crippen molar-refractivity contribution in [3.63, 3.8) is 0 Å². The van der Waals surface area contributed by atoms with E-state index in [9.17, 15) is 9.59 Å².